The highest BCUT2D eigenvalue weighted by Crippen LogP contribution is 2.33. The maximum atomic E-state index is 13.3. The Morgan fingerprint density at radius 1 is 0.722 bits per heavy atom. The van der Waals surface area contributed by atoms with Crippen LogP contribution in [0, 0.1) is 13.8 Å². The van der Waals surface area contributed by atoms with Crippen molar-refractivity contribution in [2.45, 2.75) is 54.4 Å². The number of likely N-dealkylation sites (N-methyl/N-ethyl adjacent to an activating group) is 1. The summed E-state index contributed by atoms with van der Waals surface area (Å²) in [6.45, 7) is 14.8. The average molecular weight is 479 g/mol. The number of carbonyl (C=O) groups excluding carboxylic acids is 1. The summed E-state index contributed by atoms with van der Waals surface area (Å²) in [5.41, 5.74) is 11.5. The zero-order chi connectivity index (χ0) is 25.8. The number of ketones is 1. The minimum Gasteiger partial charge on any atom is -0.342 e. The molecule has 3 nitrogen and oxygen atoms in total. The molecule has 0 saturated heterocycles. The summed E-state index contributed by atoms with van der Waals surface area (Å²) < 4.78 is 0. The van der Waals surface area contributed by atoms with Gasteiger partial charge in [-0.15, -0.1) is 0 Å². The van der Waals surface area contributed by atoms with Crippen molar-refractivity contribution in [2.24, 2.45) is 0 Å². The molecule has 0 heterocycles. The van der Waals surface area contributed by atoms with Crippen LogP contribution in [0.3, 0.4) is 0 Å². The van der Waals surface area contributed by atoms with E-state index >= 15 is 0 Å². The van der Waals surface area contributed by atoms with Crippen molar-refractivity contribution in [3.05, 3.63) is 112 Å². The third kappa shape index (κ3) is 5.02. The van der Waals surface area contributed by atoms with Crippen LogP contribution >= 0.6 is 0 Å². The minimum absolute atomic E-state index is 0.0513. The van der Waals surface area contributed by atoms with Crippen LogP contribution in [0.2, 0.25) is 0 Å². The first kappa shape index (κ1) is 25.5. The van der Waals surface area contributed by atoms with Gasteiger partial charge in [-0.2, -0.15) is 0 Å². The molecule has 0 bridgehead atoms. The predicted molar refractivity (Wildman–Crippen MR) is 154 cm³/mol. The Morgan fingerprint density at radius 2 is 1.22 bits per heavy atom. The number of allylic oxidation sites excluding steroid dienone is 3. The minimum atomic E-state index is 0.0513. The largest absolute Gasteiger partial charge is 0.342 e. The predicted octanol–water partition coefficient (Wildman–Crippen LogP) is 8.53. The lowest BCUT2D eigenvalue weighted by Crippen LogP contribution is -2.25. The molecule has 0 fully saturated rings. The number of rotatable bonds is 8. The lowest BCUT2D eigenvalue weighted by molar-refractivity contribution is 0.103. The Kier molecular flexibility index (Phi) is 7.79. The third-order valence-corrected chi connectivity index (χ3v) is 7.24. The molecule has 186 valence electrons. The first-order valence-corrected chi connectivity index (χ1v) is 13.1. The Hall–Kier alpha value is -3.59. The zero-order valence-electron chi connectivity index (χ0n) is 22.6. The Labute approximate surface area is 216 Å². The van der Waals surface area contributed by atoms with E-state index in [1.54, 1.807) is 0 Å². The van der Waals surface area contributed by atoms with E-state index in [-0.39, 0.29) is 5.78 Å². The molecule has 1 aliphatic rings. The van der Waals surface area contributed by atoms with Gasteiger partial charge >= 0.3 is 0 Å². The van der Waals surface area contributed by atoms with Gasteiger partial charge in [-0.3, -0.25) is 4.79 Å². The van der Waals surface area contributed by atoms with Gasteiger partial charge in [0, 0.05) is 47.0 Å². The van der Waals surface area contributed by atoms with E-state index in [1.165, 1.54) is 33.7 Å². The van der Waals surface area contributed by atoms with E-state index in [0.29, 0.717) is 11.1 Å². The number of hydrogen-bond donors (Lipinski definition) is 0. The molecule has 0 aliphatic heterocycles. The van der Waals surface area contributed by atoms with E-state index in [2.05, 4.69) is 99.9 Å². The van der Waals surface area contributed by atoms with E-state index < -0.39 is 0 Å². The van der Waals surface area contributed by atoms with Crippen LogP contribution in [0.1, 0.15) is 67.6 Å². The van der Waals surface area contributed by atoms with Gasteiger partial charge in [-0.25, -0.2) is 0 Å². The topological polar surface area (TPSA) is 23.6 Å². The smallest absolute Gasteiger partial charge is 0.193 e. The number of nitrogens with zero attached hydrogens (tertiary/aromatic N) is 2. The van der Waals surface area contributed by atoms with Crippen molar-refractivity contribution in [1.82, 2.24) is 0 Å². The van der Waals surface area contributed by atoms with E-state index in [1.807, 2.05) is 24.3 Å². The molecule has 0 spiro atoms. The van der Waals surface area contributed by atoms with Crippen LogP contribution in [0.15, 0.2) is 89.6 Å². The number of hydrogen-bond acceptors (Lipinski definition) is 3. The fourth-order valence-corrected chi connectivity index (χ4v) is 5.42. The number of aryl methyl sites for hydroxylation is 2. The lowest BCUT2D eigenvalue weighted by atomic mass is 9.96. The van der Waals surface area contributed by atoms with Crippen LogP contribution < -0.4 is 9.80 Å². The quantitative estimate of drug-likeness (QED) is 0.303. The second-order valence-corrected chi connectivity index (χ2v) is 9.71. The Morgan fingerprint density at radius 3 is 1.69 bits per heavy atom. The SMILES string of the molecule is CCN(C1=C(C)CCC=C1C)c1ccc(C(=O)c2ccc(N(CC)c3c(C)cccc3C)cc2)cc1. The highest BCUT2D eigenvalue weighted by Gasteiger charge is 2.19. The van der Waals surface area contributed by atoms with Gasteiger partial charge < -0.3 is 9.80 Å². The summed E-state index contributed by atoms with van der Waals surface area (Å²) in [6, 6.07) is 22.5. The molecule has 0 N–H and O–H groups in total. The van der Waals surface area contributed by atoms with Crippen LogP contribution in [0.25, 0.3) is 0 Å². The van der Waals surface area contributed by atoms with Crippen molar-refractivity contribution in [1.29, 1.82) is 0 Å². The van der Waals surface area contributed by atoms with Gasteiger partial charge in [0.2, 0.25) is 0 Å². The molecular formula is C33H38N2O. The molecule has 4 rings (SSSR count). The Balaban J connectivity index is 1.55. The highest BCUT2D eigenvalue weighted by atomic mass is 16.1. The maximum absolute atomic E-state index is 13.3. The summed E-state index contributed by atoms with van der Waals surface area (Å²) in [5, 5.41) is 0. The maximum Gasteiger partial charge on any atom is 0.193 e. The number of anilines is 3. The first-order valence-electron chi connectivity index (χ1n) is 13.1. The fourth-order valence-electron chi connectivity index (χ4n) is 5.42. The second kappa shape index (κ2) is 11.0. The van der Waals surface area contributed by atoms with Gasteiger partial charge in [-0.05, 0) is 125 Å². The molecule has 0 radical (unpaired) electrons. The average Bonchev–Trinajstić information content (AvgIpc) is 2.88. The monoisotopic (exact) mass is 478 g/mol. The molecule has 0 atom stereocenters. The lowest BCUT2D eigenvalue weighted by Gasteiger charge is -2.31. The normalized spacial score (nSPS) is 13.4. The molecule has 3 aromatic carbocycles. The molecule has 0 saturated carbocycles. The molecule has 0 aromatic heterocycles. The standard InChI is InChI=1S/C33H38N2O/c1-7-34(31-23(3)11-9-12-24(31)4)29-19-15-27(16-20-29)33(36)28-17-21-30(22-18-28)35(8-2)32-25(5)13-10-14-26(32)6/h9,11-13,15-22H,7-8,10,14H2,1-6H3. The second-order valence-electron chi connectivity index (χ2n) is 9.71. The van der Waals surface area contributed by atoms with Gasteiger partial charge in [0.1, 0.15) is 0 Å². The first-order chi connectivity index (χ1) is 17.3. The molecule has 3 heteroatoms. The van der Waals surface area contributed by atoms with Crippen LogP contribution in [-0.4, -0.2) is 18.9 Å². The molecule has 1 aliphatic carbocycles. The summed E-state index contributed by atoms with van der Waals surface area (Å²) >= 11 is 0. The van der Waals surface area contributed by atoms with Gasteiger partial charge in [0.05, 0.1) is 0 Å². The van der Waals surface area contributed by atoms with E-state index in [0.717, 1.165) is 37.3 Å². The van der Waals surface area contributed by atoms with E-state index in [4.69, 9.17) is 0 Å². The summed E-state index contributed by atoms with van der Waals surface area (Å²) in [7, 11) is 0. The molecule has 36 heavy (non-hydrogen) atoms. The fraction of sp³-hybridized carbons (Fsp3) is 0.303. The Bertz CT molecular complexity index is 1280. The summed E-state index contributed by atoms with van der Waals surface area (Å²) in [4.78, 5) is 18.0. The van der Waals surface area contributed by atoms with Crippen molar-refractivity contribution in [3.8, 4) is 0 Å². The molecule has 0 amide bonds. The van der Waals surface area contributed by atoms with Crippen LogP contribution in [0.5, 0.6) is 0 Å². The van der Waals surface area contributed by atoms with E-state index in [9.17, 15) is 4.79 Å². The molecule has 3 aromatic rings. The highest BCUT2D eigenvalue weighted by molar-refractivity contribution is 6.09. The zero-order valence-corrected chi connectivity index (χ0v) is 22.6. The van der Waals surface area contributed by atoms with Crippen molar-refractivity contribution < 1.29 is 4.79 Å². The number of para-hydroxylation sites is 1. The van der Waals surface area contributed by atoms with Gasteiger partial charge in [-0.1, -0.05) is 24.3 Å². The van der Waals surface area contributed by atoms with Gasteiger partial charge in [0.15, 0.2) is 5.78 Å². The summed E-state index contributed by atoms with van der Waals surface area (Å²) in [5.74, 6) is 0.0513. The molecule has 0 unspecified atom stereocenters. The number of carbonyl (C=O) groups is 1. The third-order valence-electron chi connectivity index (χ3n) is 7.24. The molecular weight excluding hydrogens is 440 g/mol. The van der Waals surface area contributed by atoms with Crippen LogP contribution in [0.4, 0.5) is 17.1 Å². The van der Waals surface area contributed by atoms with Crippen molar-refractivity contribution in [2.75, 3.05) is 22.9 Å². The van der Waals surface area contributed by atoms with Gasteiger partial charge in [0.25, 0.3) is 0 Å². The summed E-state index contributed by atoms with van der Waals surface area (Å²) in [6.07, 6.45) is 4.55. The number of benzene rings is 3. The van der Waals surface area contributed by atoms with Crippen LogP contribution in [-0.2, 0) is 0 Å². The van der Waals surface area contributed by atoms with Crippen molar-refractivity contribution >= 4 is 22.8 Å². The van der Waals surface area contributed by atoms with Crippen molar-refractivity contribution in [3.63, 3.8) is 0 Å².